The molecule has 0 saturated heterocycles. The van der Waals surface area contributed by atoms with Crippen LogP contribution in [0.5, 0.6) is 5.75 Å². The average molecular weight is 533 g/mol. The summed E-state index contributed by atoms with van der Waals surface area (Å²) in [5.41, 5.74) is 8.36. The van der Waals surface area contributed by atoms with Crippen LogP contribution in [0.1, 0.15) is 16.7 Å². The van der Waals surface area contributed by atoms with Gasteiger partial charge < -0.3 is 31.9 Å². The number of carbonyl (C=O) groups is 4. The Labute approximate surface area is 226 Å². The number of carbonyl (C=O) groups excluding carboxylic acids is 3. The van der Waals surface area contributed by atoms with Gasteiger partial charge >= 0.3 is 5.97 Å². The van der Waals surface area contributed by atoms with Crippen LogP contribution >= 0.6 is 0 Å². The van der Waals surface area contributed by atoms with Crippen molar-refractivity contribution >= 4 is 23.7 Å². The van der Waals surface area contributed by atoms with Crippen molar-refractivity contribution in [3.05, 3.63) is 102 Å². The zero-order valence-electron chi connectivity index (χ0n) is 21.2. The van der Waals surface area contributed by atoms with Gasteiger partial charge in [-0.05, 0) is 35.2 Å². The molecule has 7 N–H and O–H groups in total. The molecule has 3 aromatic rings. The second kappa shape index (κ2) is 14.3. The number of hydrogen-bond acceptors (Lipinski definition) is 6. The number of carboxylic acids is 1. The Morgan fingerprint density at radius 3 is 1.74 bits per heavy atom. The predicted molar refractivity (Wildman–Crippen MR) is 145 cm³/mol. The fourth-order valence-corrected chi connectivity index (χ4v) is 3.90. The van der Waals surface area contributed by atoms with Crippen LogP contribution in [-0.2, 0) is 38.4 Å². The summed E-state index contributed by atoms with van der Waals surface area (Å²) in [7, 11) is 0. The highest BCUT2D eigenvalue weighted by Crippen LogP contribution is 2.11. The number of phenolic OH excluding ortho intramolecular Hbond substituents is 1. The lowest BCUT2D eigenvalue weighted by molar-refractivity contribution is -0.141. The van der Waals surface area contributed by atoms with Crippen LogP contribution in [0.2, 0.25) is 0 Å². The number of rotatable bonds is 13. The van der Waals surface area contributed by atoms with Gasteiger partial charge in [0.05, 0.1) is 12.6 Å². The maximum atomic E-state index is 13.0. The molecule has 0 aliphatic heterocycles. The highest BCUT2D eigenvalue weighted by molar-refractivity contribution is 5.92. The van der Waals surface area contributed by atoms with Crippen molar-refractivity contribution in [3.8, 4) is 5.75 Å². The minimum atomic E-state index is -1.25. The van der Waals surface area contributed by atoms with Crippen molar-refractivity contribution < 1.29 is 29.4 Å². The van der Waals surface area contributed by atoms with Crippen LogP contribution in [0, 0.1) is 0 Å². The summed E-state index contributed by atoms with van der Waals surface area (Å²) >= 11 is 0. The molecule has 0 fully saturated rings. The molecule has 3 amide bonds. The zero-order chi connectivity index (χ0) is 28.2. The average Bonchev–Trinajstić information content (AvgIpc) is 2.93. The first kappa shape index (κ1) is 28.9. The number of benzene rings is 3. The largest absolute Gasteiger partial charge is 0.508 e. The normalized spacial score (nSPS) is 12.9. The Morgan fingerprint density at radius 1 is 0.667 bits per heavy atom. The number of carboxylic acid groups (broad SMARTS) is 1. The first-order chi connectivity index (χ1) is 18.7. The maximum Gasteiger partial charge on any atom is 0.326 e. The monoisotopic (exact) mass is 532 g/mol. The summed E-state index contributed by atoms with van der Waals surface area (Å²) in [6.07, 6.45) is 0.435. The first-order valence-electron chi connectivity index (χ1n) is 12.4. The molecule has 0 bridgehead atoms. The van der Waals surface area contributed by atoms with Gasteiger partial charge in [-0.2, -0.15) is 0 Å². The van der Waals surface area contributed by atoms with Crippen LogP contribution in [0.25, 0.3) is 0 Å². The van der Waals surface area contributed by atoms with E-state index in [0.29, 0.717) is 5.56 Å². The Kier molecular flexibility index (Phi) is 10.6. The second-order valence-corrected chi connectivity index (χ2v) is 9.09. The molecule has 0 saturated carbocycles. The molecule has 3 rings (SSSR count). The molecule has 3 atom stereocenters. The lowest BCUT2D eigenvalue weighted by Crippen LogP contribution is -2.54. The molecule has 3 aromatic carbocycles. The van der Waals surface area contributed by atoms with Gasteiger partial charge in [0.2, 0.25) is 17.7 Å². The van der Waals surface area contributed by atoms with Crippen molar-refractivity contribution in [1.29, 1.82) is 0 Å². The van der Waals surface area contributed by atoms with Crippen molar-refractivity contribution in [1.82, 2.24) is 16.0 Å². The molecular formula is C29H32N4O6. The molecule has 0 aliphatic carbocycles. The van der Waals surface area contributed by atoms with Crippen LogP contribution in [0.4, 0.5) is 0 Å². The van der Waals surface area contributed by atoms with Crippen molar-refractivity contribution in [2.24, 2.45) is 5.73 Å². The van der Waals surface area contributed by atoms with Gasteiger partial charge in [0.15, 0.2) is 0 Å². The first-order valence-corrected chi connectivity index (χ1v) is 12.4. The fraction of sp³-hybridized carbons (Fsp3) is 0.241. The summed E-state index contributed by atoms with van der Waals surface area (Å²) in [4.78, 5) is 50.0. The molecular weight excluding hydrogens is 500 g/mol. The van der Waals surface area contributed by atoms with Crippen LogP contribution < -0.4 is 21.7 Å². The van der Waals surface area contributed by atoms with Gasteiger partial charge in [-0.1, -0.05) is 72.8 Å². The Hall–Kier alpha value is -4.70. The molecule has 10 heteroatoms. The quantitative estimate of drug-likeness (QED) is 0.190. The summed E-state index contributed by atoms with van der Waals surface area (Å²) in [5, 5.41) is 26.5. The fourth-order valence-electron chi connectivity index (χ4n) is 3.90. The predicted octanol–water partition coefficient (Wildman–Crippen LogP) is 0.918. The van der Waals surface area contributed by atoms with Gasteiger partial charge in [-0.15, -0.1) is 0 Å². The molecule has 0 heterocycles. The molecule has 0 radical (unpaired) electrons. The second-order valence-electron chi connectivity index (χ2n) is 9.09. The van der Waals surface area contributed by atoms with E-state index in [4.69, 9.17) is 5.73 Å². The highest BCUT2D eigenvalue weighted by Gasteiger charge is 2.26. The van der Waals surface area contributed by atoms with E-state index < -0.39 is 48.4 Å². The number of aromatic hydroxyl groups is 1. The lowest BCUT2D eigenvalue weighted by Gasteiger charge is -2.21. The smallest absolute Gasteiger partial charge is 0.326 e. The van der Waals surface area contributed by atoms with E-state index in [1.807, 2.05) is 48.5 Å². The Morgan fingerprint density at radius 2 is 1.18 bits per heavy atom. The number of phenols is 1. The third kappa shape index (κ3) is 9.60. The zero-order valence-corrected chi connectivity index (χ0v) is 21.2. The molecule has 3 unspecified atom stereocenters. The number of hydrogen-bond donors (Lipinski definition) is 6. The molecule has 0 aromatic heterocycles. The minimum absolute atomic E-state index is 0.0126. The van der Waals surface area contributed by atoms with Crippen LogP contribution in [-0.4, -0.2) is 58.6 Å². The molecule has 10 nitrogen and oxygen atoms in total. The topological polar surface area (TPSA) is 171 Å². The van der Waals surface area contributed by atoms with E-state index in [-0.39, 0.29) is 25.0 Å². The van der Waals surface area contributed by atoms with E-state index in [9.17, 15) is 29.4 Å². The van der Waals surface area contributed by atoms with Crippen LogP contribution in [0.15, 0.2) is 84.9 Å². The van der Waals surface area contributed by atoms with Gasteiger partial charge in [0.25, 0.3) is 0 Å². The standard InChI is InChI=1S/C29H32N4O6/c30-23(15-19-7-3-1-4-8-19)27(36)33-24(16-20-9-5-2-6-10-20)28(37)31-18-26(35)32-25(29(38)39)17-21-11-13-22(34)14-12-21/h1-14,23-25,34H,15-18,30H2,(H,31,37)(H,32,35)(H,33,36)(H,38,39). The maximum absolute atomic E-state index is 13.0. The third-order valence-corrected chi connectivity index (χ3v) is 5.98. The number of aliphatic carboxylic acids is 1. The third-order valence-electron chi connectivity index (χ3n) is 5.98. The summed E-state index contributed by atoms with van der Waals surface area (Å²) in [6, 6.07) is 21.1. The Bertz CT molecular complexity index is 1250. The van der Waals surface area contributed by atoms with E-state index in [1.54, 1.807) is 24.3 Å². The van der Waals surface area contributed by atoms with E-state index in [2.05, 4.69) is 16.0 Å². The SMILES string of the molecule is NC(Cc1ccccc1)C(=O)NC(Cc1ccccc1)C(=O)NCC(=O)NC(Cc1ccc(O)cc1)C(=O)O. The molecule has 204 valence electrons. The van der Waals surface area contributed by atoms with E-state index in [0.717, 1.165) is 11.1 Å². The molecule has 0 aliphatic rings. The van der Waals surface area contributed by atoms with Gasteiger partial charge in [-0.25, -0.2) is 4.79 Å². The lowest BCUT2D eigenvalue weighted by atomic mass is 10.0. The highest BCUT2D eigenvalue weighted by atomic mass is 16.4. The minimum Gasteiger partial charge on any atom is -0.508 e. The summed E-state index contributed by atoms with van der Waals surface area (Å²) in [6.45, 7) is -0.491. The van der Waals surface area contributed by atoms with Crippen molar-refractivity contribution in [3.63, 3.8) is 0 Å². The summed E-state index contributed by atoms with van der Waals surface area (Å²) in [5.74, 6) is -3.04. The van der Waals surface area contributed by atoms with Crippen molar-refractivity contribution in [2.75, 3.05) is 6.54 Å². The number of amides is 3. The van der Waals surface area contributed by atoms with Crippen LogP contribution in [0.3, 0.4) is 0 Å². The van der Waals surface area contributed by atoms with E-state index in [1.165, 1.54) is 12.1 Å². The van der Waals surface area contributed by atoms with Crippen molar-refractivity contribution in [2.45, 2.75) is 37.4 Å². The number of nitrogens with one attached hydrogen (secondary N) is 3. The van der Waals surface area contributed by atoms with E-state index >= 15 is 0 Å². The van der Waals surface area contributed by atoms with Gasteiger partial charge in [-0.3, -0.25) is 14.4 Å². The number of nitrogens with two attached hydrogens (primary N) is 1. The molecule has 0 spiro atoms. The van der Waals surface area contributed by atoms with Gasteiger partial charge in [0, 0.05) is 12.8 Å². The Balaban J connectivity index is 1.60. The van der Waals surface area contributed by atoms with Gasteiger partial charge in [0.1, 0.15) is 17.8 Å². The summed E-state index contributed by atoms with van der Waals surface area (Å²) < 4.78 is 0. The molecule has 39 heavy (non-hydrogen) atoms.